The van der Waals surface area contributed by atoms with Crippen molar-refractivity contribution in [1.82, 2.24) is 9.88 Å². The van der Waals surface area contributed by atoms with Gasteiger partial charge in [0.25, 0.3) is 5.91 Å². The highest BCUT2D eigenvalue weighted by atomic mass is 19.1. The van der Waals surface area contributed by atoms with Crippen molar-refractivity contribution in [2.24, 2.45) is 0 Å². The van der Waals surface area contributed by atoms with Crippen molar-refractivity contribution in [2.45, 2.75) is 6.54 Å². The number of nitrogen functional groups attached to an aromatic ring is 1. The predicted octanol–water partition coefficient (Wildman–Crippen LogP) is 2.08. The number of amides is 1. The minimum atomic E-state index is -0.771. The molecule has 0 bridgehead atoms. The number of aromatic nitrogens is 1. The molecule has 0 atom stereocenters. The lowest BCUT2D eigenvalue weighted by Gasteiger charge is -2.17. The maximum atomic E-state index is 13.7. The Bertz CT molecular complexity index is 586. The molecule has 0 radical (unpaired) electrons. The van der Waals surface area contributed by atoms with Crippen LogP contribution in [0.5, 0.6) is 0 Å². The molecule has 19 heavy (non-hydrogen) atoms. The molecular formula is C14H14FN3O. The first kappa shape index (κ1) is 13.0. The van der Waals surface area contributed by atoms with Gasteiger partial charge in [-0.3, -0.25) is 4.79 Å². The van der Waals surface area contributed by atoms with E-state index < -0.39 is 11.7 Å². The van der Waals surface area contributed by atoms with Gasteiger partial charge in [0.05, 0.1) is 5.56 Å². The van der Waals surface area contributed by atoms with Crippen molar-refractivity contribution >= 4 is 11.7 Å². The normalized spacial score (nSPS) is 10.2. The van der Waals surface area contributed by atoms with Gasteiger partial charge in [0.2, 0.25) is 0 Å². The number of nitrogens with zero attached hydrogens (tertiary/aromatic N) is 2. The van der Waals surface area contributed by atoms with Gasteiger partial charge in [0, 0.05) is 19.8 Å². The van der Waals surface area contributed by atoms with Crippen LogP contribution in [0.1, 0.15) is 15.9 Å². The van der Waals surface area contributed by atoms with Crippen molar-refractivity contribution in [3.63, 3.8) is 0 Å². The van der Waals surface area contributed by atoms with Crippen molar-refractivity contribution in [1.29, 1.82) is 0 Å². The molecule has 0 saturated heterocycles. The number of halogens is 1. The van der Waals surface area contributed by atoms with E-state index in [9.17, 15) is 9.18 Å². The summed E-state index contributed by atoms with van der Waals surface area (Å²) in [5, 5.41) is 0. The number of anilines is 1. The summed E-state index contributed by atoms with van der Waals surface area (Å²) in [5.74, 6) is -1.46. The Morgan fingerprint density at radius 3 is 2.68 bits per heavy atom. The molecule has 1 aromatic carbocycles. The van der Waals surface area contributed by atoms with E-state index >= 15 is 0 Å². The van der Waals surface area contributed by atoms with Crippen LogP contribution in [-0.4, -0.2) is 22.8 Å². The number of rotatable bonds is 3. The standard InChI is InChI=1S/C14H14FN3O/c1-18(9-10-5-3-2-4-6-10)14(19)11-7-8-17-13(16)12(11)15/h2-8H,9H2,1H3,(H2,16,17). The van der Waals surface area contributed by atoms with E-state index in [4.69, 9.17) is 5.73 Å². The van der Waals surface area contributed by atoms with Gasteiger partial charge in [-0.05, 0) is 11.6 Å². The molecule has 1 aromatic heterocycles. The molecule has 0 aliphatic carbocycles. The van der Waals surface area contributed by atoms with Gasteiger partial charge in [0.15, 0.2) is 11.6 Å². The molecule has 0 saturated carbocycles. The lowest BCUT2D eigenvalue weighted by Crippen LogP contribution is -2.27. The lowest BCUT2D eigenvalue weighted by atomic mass is 10.2. The Kier molecular flexibility index (Phi) is 3.75. The van der Waals surface area contributed by atoms with Crippen LogP contribution < -0.4 is 5.73 Å². The number of nitrogens with two attached hydrogens (primary N) is 1. The summed E-state index contributed by atoms with van der Waals surface area (Å²) in [4.78, 5) is 17.2. The zero-order valence-corrected chi connectivity index (χ0v) is 10.5. The molecule has 0 unspecified atom stereocenters. The van der Waals surface area contributed by atoms with E-state index in [1.807, 2.05) is 30.3 Å². The number of benzene rings is 1. The molecule has 98 valence electrons. The molecule has 5 heteroatoms. The van der Waals surface area contributed by atoms with E-state index in [1.165, 1.54) is 17.2 Å². The van der Waals surface area contributed by atoms with E-state index in [-0.39, 0.29) is 11.4 Å². The molecule has 2 rings (SSSR count). The Morgan fingerprint density at radius 2 is 2.00 bits per heavy atom. The Labute approximate surface area is 110 Å². The zero-order valence-electron chi connectivity index (χ0n) is 10.5. The first-order valence-electron chi connectivity index (χ1n) is 5.79. The van der Waals surface area contributed by atoms with Gasteiger partial charge in [-0.1, -0.05) is 30.3 Å². The molecule has 4 nitrogen and oxygen atoms in total. The second-order valence-electron chi connectivity index (χ2n) is 4.20. The highest BCUT2D eigenvalue weighted by Crippen LogP contribution is 2.15. The summed E-state index contributed by atoms with van der Waals surface area (Å²) >= 11 is 0. The molecule has 0 spiro atoms. The van der Waals surface area contributed by atoms with Crippen LogP contribution in [0.25, 0.3) is 0 Å². The lowest BCUT2D eigenvalue weighted by molar-refractivity contribution is 0.0780. The molecule has 1 amide bonds. The number of hydrogen-bond donors (Lipinski definition) is 1. The number of carbonyl (C=O) groups is 1. The third-order valence-corrected chi connectivity index (χ3v) is 2.76. The Morgan fingerprint density at radius 1 is 1.32 bits per heavy atom. The average molecular weight is 259 g/mol. The summed E-state index contributed by atoms with van der Waals surface area (Å²) < 4.78 is 13.7. The predicted molar refractivity (Wildman–Crippen MR) is 70.8 cm³/mol. The zero-order chi connectivity index (χ0) is 13.8. The maximum absolute atomic E-state index is 13.7. The summed E-state index contributed by atoms with van der Waals surface area (Å²) in [6.07, 6.45) is 1.32. The SMILES string of the molecule is CN(Cc1ccccc1)C(=O)c1ccnc(N)c1F. The van der Waals surface area contributed by atoms with Crippen LogP contribution in [0.3, 0.4) is 0 Å². The smallest absolute Gasteiger partial charge is 0.257 e. The largest absolute Gasteiger partial charge is 0.381 e. The highest BCUT2D eigenvalue weighted by molar-refractivity contribution is 5.94. The Hall–Kier alpha value is -2.43. The Balaban J connectivity index is 2.18. The second kappa shape index (κ2) is 5.48. The van der Waals surface area contributed by atoms with Crippen LogP contribution in [0.4, 0.5) is 10.2 Å². The van der Waals surface area contributed by atoms with E-state index in [0.29, 0.717) is 6.54 Å². The van der Waals surface area contributed by atoms with Gasteiger partial charge in [0.1, 0.15) is 0 Å². The molecule has 0 aliphatic rings. The summed E-state index contributed by atoms with van der Waals surface area (Å²) in [6.45, 7) is 0.404. The van der Waals surface area contributed by atoms with Crippen LogP contribution >= 0.6 is 0 Å². The number of hydrogen-bond acceptors (Lipinski definition) is 3. The van der Waals surface area contributed by atoms with Gasteiger partial charge in [-0.2, -0.15) is 0 Å². The van der Waals surface area contributed by atoms with Gasteiger partial charge < -0.3 is 10.6 Å². The van der Waals surface area contributed by atoms with E-state index in [2.05, 4.69) is 4.98 Å². The van der Waals surface area contributed by atoms with Crippen molar-refractivity contribution in [3.05, 3.63) is 59.5 Å². The molecule has 1 heterocycles. The molecule has 0 fully saturated rings. The second-order valence-corrected chi connectivity index (χ2v) is 4.20. The average Bonchev–Trinajstić information content (AvgIpc) is 2.42. The van der Waals surface area contributed by atoms with Crippen LogP contribution in [0.15, 0.2) is 42.6 Å². The van der Waals surface area contributed by atoms with Crippen LogP contribution in [0.2, 0.25) is 0 Å². The fourth-order valence-electron chi connectivity index (χ4n) is 1.76. The highest BCUT2D eigenvalue weighted by Gasteiger charge is 2.18. The fraction of sp³-hybridized carbons (Fsp3) is 0.143. The maximum Gasteiger partial charge on any atom is 0.257 e. The third-order valence-electron chi connectivity index (χ3n) is 2.76. The minimum Gasteiger partial charge on any atom is -0.381 e. The molecule has 2 aromatic rings. The van der Waals surface area contributed by atoms with Gasteiger partial charge in [-0.15, -0.1) is 0 Å². The van der Waals surface area contributed by atoms with Crippen molar-refractivity contribution in [2.75, 3.05) is 12.8 Å². The van der Waals surface area contributed by atoms with Gasteiger partial charge >= 0.3 is 0 Å². The summed E-state index contributed by atoms with van der Waals surface area (Å²) in [7, 11) is 1.62. The topological polar surface area (TPSA) is 59.2 Å². The van der Waals surface area contributed by atoms with Crippen molar-refractivity contribution in [3.8, 4) is 0 Å². The minimum absolute atomic E-state index is 0.0640. The van der Waals surface area contributed by atoms with Gasteiger partial charge in [-0.25, -0.2) is 9.37 Å². The first-order valence-corrected chi connectivity index (χ1v) is 5.79. The number of carbonyl (C=O) groups excluding carboxylic acids is 1. The van der Waals surface area contributed by atoms with E-state index in [0.717, 1.165) is 5.56 Å². The van der Waals surface area contributed by atoms with Crippen LogP contribution in [-0.2, 0) is 6.54 Å². The molecule has 2 N–H and O–H groups in total. The monoisotopic (exact) mass is 259 g/mol. The summed E-state index contributed by atoms with van der Waals surface area (Å²) in [6, 6.07) is 10.8. The fourth-order valence-corrected chi connectivity index (χ4v) is 1.76. The molecule has 0 aliphatic heterocycles. The summed E-state index contributed by atoms with van der Waals surface area (Å²) in [5.41, 5.74) is 6.26. The number of pyridine rings is 1. The third kappa shape index (κ3) is 2.88. The first-order chi connectivity index (χ1) is 9.09. The van der Waals surface area contributed by atoms with Crippen molar-refractivity contribution < 1.29 is 9.18 Å². The van der Waals surface area contributed by atoms with Crippen LogP contribution in [0, 0.1) is 5.82 Å². The van der Waals surface area contributed by atoms with E-state index in [1.54, 1.807) is 7.05 Å². The quantitative estimate of drug-likeness (QED) is 0.918. The molecular weight excluding hydrogens is 245 g/mol.